The number of hydrogen-bond donors (Lipinski definition) is 3. The average molecular weight is 682 g/mol. The molecule has 1 aliphatic carbocycles. The lowest BCUT2D eigenvalue weighted by Gasteiger charge is -2.36. The van der Waals surface area contributed by atoms with Gasteiger partial charge in [-0.15, -0.1) is 0 Å². The van der Waals surface area contributed by atoms with E-state index in [1.165, 1.54) is 5.56 Å². The number of nitrogens with zero attached hydrogens (tertiary/aromatic N) is 4. The molecule has 2 aromatic heterocycles. The van der Waals surface area contributed by atoms with E-state index in [1.54, 1.807) is 23.9 Å². The molecule has 264 valence electrons. The molecule has 0 unspecified atom stereocenters. The summed E-state index contributed by atoms with van der Waals surface area (Å²) in [5.41, 5.74) is 4.66. The van der Waals surface area contributed by atoms with Gasteiger partial charge in [0.2, 0.25) is 5.88 Å². The Labute approximate surface area is 293 Å². The lowest BCUT2D eigenvalue weighted by atomic mass is 9.91. The van der Waals surface area contributed by atoms with E-state index in [0.717, 1.165) is 61.6 Å². The number of nitrogens with one attached hydrogen (secondary N) is 3. The Hall–Kier alpha value is -4.61. The van der Waals surface area contributed by atoms with Gasteiger partial charge in [-0.25, -0.2) is 9.37 Å². The number of aromatic nitrogens is 3. The number of benzene rings is 2. The summed E-state index contributed by atoms with van der Waals surface area (Å²) in [6.07, 6.45) is 5.95. The number of rotatable bonds is 11. The van der Waals surface area contributed by atoms with Crippen LogP contribution in [-0.4, -0.2) is 75.3 Å². The number of halogens is 1. The molecule has 11 heteroatoms. The summed E-state index contributed by atoms with van der Waals surface area (Å²) in [7, 11) is 1.80. The summed E-state index contributed by atoms with van der Waals surface area (Å²) in [6, 6.07) is 20.1. The summed E-state index contributed by atoms with van der Waals surface area (Å²) in [4.78, 5) is 32.7. The molecule has 10 nitrogen and oxygen atoms in total. The van der Waals surface area contributed by atoms with Crippen LogP contribution in [0.3, 0.4) is 0 Å². The summed E-state index contributed by atoms with van der Waals surface area (Å²) < 4.78 is 22.1. The molecule has 6 rings (SSSR count). The molecule has 50 heavy (non-hydrogen) atoms. The first kappa shape index (κ1) is 35.2. The van der Waals surface area contributed by atoms with Crippen molar-refractivity contribution in [3.63, 3.8) is 0 Å². The van der Waals surface area contributed by atoms with Gasteiger partial charge in [-0.3, -0.25) is 14.3 Å². The summed E-state index contributed by atoms with van der Waals surface area (Å²) in [5.74, 6) is -0.730. The smallest absolute Gasteiger partial charge is 0.272 e. The Balaban J connectivity index is 1.02. The van der Waals surface area contributed by atoms with Crippen molar-refractivity contribution in [1.29, 1.82) is 0 Å². The number of carbonyl (C=O) groups excluding carboxylic acids is 2. The Kier molecular flexibility index (Phi) is 11.2. The maximum absolute atomic E-state index is 14.3. The number of pyridine rings is 1. The van der Waals surface area contributed by atoms with E-state index in [4.69, 9.17) is 4.74 Å². The van der Waals surface area contributed by atoms with Gasteiger partial charge in [0.05, 0.1) is 6.20 Å². The molecule has 2 aliphatic rings. The van der Waals surface area contributed by atoms with Crippen LogP contribution < -0.4 is 20.7 Å². The van der Waals surface area contributed by atoms with Crippen molar-refractivity contribution in [3.8, 4) is 22.8 Å². The maximum Gasteiger partial charge on any atom is 0.272 e. The highest BCUT2D eigenvalue weighted by molar-refractivity contribution is 5.96. The molecule has 1 saturated carbocycles. The highest BCUT2D eigenvalue weighted by Crippen LogP contribution is 2.29. The van der Waals surface area contributed by atoms with Gasteiger partial charge in [0.25, 0.3) is 11.8 Å². The van der Waals surface area contributed by atoms with Crippen LogP contribution in [0.15, 0.2) is 66.9 Å². The molecule has 0 spiro atoms. The lowest BCUT2D eigenvalue weighted by molar-refractivity contribution is 0.0887. The zero-order valence-corrected chi connectivity index (χ0v) is 29.4. The molecule has 1 saturated heterocycles. The Morgan fingerprint density at radius 3 is 2.26 bits per heavy atom. The molecule has 0 radical (unpaired) electrons. The third-order valence-corrected chi connectivity index (χ3v) is 9.72. The molecular weight excluding hydrogens is 633 g/mol. The van der Waals surface area contributed by atoms with Gasteiger partial charge in [-0.2, -0.15) is 5.10 Å². The van der Waals surface area contributed by atoms with Crippen LogP contribution in [0.5, 0.6) is 11.6 Å². The van der Waals surface area contributed by atoms with Gasteiger partial charge in [0.1, 0.15) is 22.8 Å². The molecule has 2 amide bonds. The van der Waals surface area contributed by atoms with Gasteiger partial charge >= 0.3 is 0 Å². The van der Waals surface area contributed by atoms with Crippen molar-refractivity contribution in [2.75, 3.05) is 19.6 Å². The van der Waals surface area contributed by atoms with Gasteiger partial charge in [-0.05, 0) is 107 Å². The fraction of sp³-hybridized carbons (Fsp3) is 0.436. The molecule has 2 atom stereocenters. The van der Waals surface area contributed by atoms with Crippen LogP contribution in [0.25, 0.3) is 11.1 Å². The van der Waals surface area contributed by atoms with Crippen LogP contribution in [0.2, 0.25) is 0 Å². The van der Waals surface area contributed by atoms with Crippen molar-refractivity contribution in [2.45, 2.75) is 83.5 Å². The van der Waals surface area contributed by atoms with E-state index >= 15 is 0 Å². The zero-order chi connectivity index (χ0) is 35.2. The Bertz CT molecular complexity index is 1760. The Morgan fingerprint density at radius 2 is 1.60 bits per heavy atom. The third kappa shape index (κ3) is 9.13. The maximum atomic E-state index is 14.3. The number of ether oxygens (including phenoxy) is 1. The third-order valence-electron chi connectivity index (χ3n) is 9.72. The molecule has 0 bridgehead atoms. The number of carbonyl (C=O) groups is 2. The van der Waals surface area contributed by atoms with Crippen molar-refractivity contribution >= 4 is 11.8 Å². The summed E-state index contributed by atoms with van der Waals surface area (Å²) in [5, 5.41) is 13.9. The first-order chi connectivity index (χ1) is 24.1. The van der Waals surface area contributed by atoms with Crippen molar-refractivity contribution in [1.82, 2.24) is 35.6 Å². The second kappa shape index (κ2) is 15.9. The molecule has 3 heterocycles. The number of amides is 2. The molecule has 1 aliphatic heterocycles. The largest absolute Gasteiger partial charge is 0.438 e. The molecule has 4 aromatic rings. The van der Waals surface area contributed by atoms with Gasteiger partial charge in [0.15, 0.2) is 0 Å². The van der Waals surface area contributed by atoms with E-state index in [0.29, 0.717) is 49.2 Å². The monoisotopic (exact) mass is 681 g/mol. The highest BCUT2D eigenvalue weighted by atomic mass is 19.1. The minimum absolute atomic E-state index is 0.00778. The minimum Gasteiger partial charge on any atom is -0.438 e. The topological polar surface area (TPSA) is 113 Å². The number of aryl methyl sites for hydroxylation is 3. The van der Waals surface area contributed by atoms with E-state index in [-0.39, 0.29) is 29.4 Å². The predicted octanol–water partition coefficient (Wildman–Crippen LogP) is 5.81. The predicted molar refractivity (Wildman–Crippen MR) is 192 cm³/mol. The van der Waals surface area contributed by atoms with E-state index in [2.05, 4.69) is 69.0 Å². The number of piperazine rings is 1. The van der Waals surface area contributed by atoms with Crippen LogP contribution in [0.1, 0.15) is 78.1 Å². The quantitative estimate of drug-likeness (QED) is 0.183. The molecule has 2 aromatic carbocycles. The van der Waals surface area contributed by atoms with Gasteiger partial charge < -0.3 is 25.6 Å². The molecular formula is C39H48FN7O3. The summed E-state index contributed by atoms with van der Waals surface area (Å²) >= 11 is 0. The van der Waals surface area contributed by atoms with Crippen LogP contribution in [0, 0.1) is 12.7 Å². The van der Waals surface area contributed by atoms with Crippen LogP contribution in [-0.2, 0) is 13.5 Å². The van der Waals surface area contributed by atoms with Crippen molar-refractivity contribution in [2.24, 2.45) is 7.05 Å². The standard InChI is InChI=1S/C39H48FN7O3/c1-25-23-47(24-26(2)42-25)18-6-7-28-10-12-29(13-11-28)30-8-5-9-34(20-30)50-39-35(21-31(40)22-41-39)37(48)43-32-14-16-33(17-15-32)44-38(49)36-19-27(3)46(4)45-36/h5,8-13,19-22,25-26,32-33,42H,6-7,14-18,23-24H2,1-4H3,(H,43,48)(H,44,49)/t25-,26+,32?,33?. The molecule has 3 N–H and O–H groups in total. The minimum atomic E-state index is -0.621. The number of hydrogen-bond acceptors (Lipinski definition) is 7. The van der Waals surface area contributed by atoms with Crippen LogP contribution >= 0.6 is 0 Å². The van der Waals surface area contributed by atoms with Crippen LogP contribution in [0.4, 0.5) is 4.39 Å². The second-order valence-corrected chi connectivity index (χ2v) is 14.0. The van der Waals surface area contributed by atoms with E-state index in [9.17, 15) is 14.0 Å². The van der Waals surface area contributed by atoms with E-state index < -0.39 is 11.7 Å². The summed E-state index contributed by atoms with van der Waals surface area (Å²) in [6.45, 7) is 9.68. The fourth-order valence-corrected chi connectivity index (χ4v) is 7.09. The van der Waals surface area contributed by atoms with Crippen molar-refractivity contribution in [3.05, 3.63) is 95.2 Å². The second-order valence-electron chi connectivity index (χ2n) is 14.0. The van der Waals surface area contributed by atoms with Gasteiger partial charge in [0, 0.05) is 50.0 Å². The highest BCUT2D eigenvalue weighted by Gasteiger charge is 2.27. The van der Waals surface area contributed by atoms with Gasteiger partial charge in [-0.1, -0.05) is 36.4 Å². The van der Waals surface area contributed by atoms with E-state index in [1.807, 2.05) is 25.1 Å². The Morgan fingerprint density at radius 1 is 0.920 bits per heavy atom. The average Bonchev–Trinajstić information content (AvgIpc) is 3.44. The van der Waals surface area contributed by atoms with Crippen molar-refractivity contribution < 1.29 is 18.7 Å². The fourth-order valence-electron chi connectivity index (χ4n) is 7.09. The first-order valence-electron chi connectivity index (χ1n) is 17.7. The molecule has 2 fully saturated rings. The lowest BCUT2D eigenvalue weighted by Crippen LogP contribution is -2.54. The normalized spacial score (nSPS) is 21.1. The SMILES string of the molecule is Cc1cc(C(=O)NC2CCC(NC(=O)c3cc(F)cnc3Oc3cccc(-c4ccc(CCCN5C[C@@H](C)N[C@@H](C)C5)cc4)c3)CC2)nn1C. The first-order valence-corrected chi connectivity index (χ1v) is 17.7. The zero-order valence-electron chi connectivity index (χ0n) is 29.4.